The molecule has 0 aromatic heterocycles. The van der Waals surface area contributed by atoms with E-state index in [0.717, 1.165) is 18.4 Å². The molecule has 5 nitrogen and oxygen atoms in total. The van der Waals surface area contributed by atoms with Crippen LogP contribution in [-0.2, 0) is 9.53 Å². The van der Waals surface area contributed by atoms with Crippen LogP contribution in [0.4, 0.5) is 5.69 Å². The lowest BCUT2D eigenvalue weighted by Crippen LogP contribution is -2.30. The fourth-order valence-corrected chi connectivity index (χ4v) is 2.39. The van der Waals surface area contributed by atoms with Gasteiger partial charge in [0.15, 0.2) is 6.10 Å². The van der Waals surface area contributed by atoms with Crippen LogP contribution in [0.15, 0.2) is 42.5 Å². The third kappa shape index (κ3) is 6.29. The molecule has 1 amide bonds. The van der Waals surface area contributed by atoms with Crippen LogP contribution in [0.3, 0.4) is 0 Å². The van der Waals surface area contributed by atoms with Gasteiger partial charge in [-0.15, -0.1) is 0 Å². The lowest BCUT2D eigenvalue weighted by atomic mass is 10.2. The molecule has 6 heteroatoms. The second-order valence-corrected chi connectivity index (χ2v) is 6.63. The van der Waals surface area contributed by atoms with E-state index in [1.165, 1.54) is 0 Å². The van der Waals surface area contributed by atoms with Crippen molar-refractivity contribution in [2.24, 2.45) is 0 Å². The van der Waals surface area contributed by atoms with E-state index in [4.69, 9.17) is 21.1 Å². The Morgan fingerprint density at radius 1 is 1.15 bits per heavy atom. The number of unbranched alkanes of at least 4 members (excludes halogenated alkanes) is 1. The molecule has 2 aromatic carbocycles. The number of hydrogen-bond acceptors (Lipinski definition) is 4. The molecule has 1 N–H and O–H groups in total. The van der Waals surface area contributed by atoms with Gasteiger partial charge in [0.2, 0.25) is 0 Å². The second kappa shape index (κ2) is 9.97. The number of anilines is 1. The molecule has 0 aliphatic rings. The number of esters is 1. The molecule has 0 fully saturated rings. The predicted octanol–water partition coefficient (Wildman–Crippen LogP) is 5.01. The van der Waals surface area contributed by atoms with E-state index in [-0.39, 0.29) is 11.9 Å². The standard InChI is InChI=1S/C21H24ClNO4/c1-4-5-12-26-21(25)16-6-8-17(9-7-16)23-20(24)15(3)27-18-10-11-19(22)14(2)13-18/h6-11,13,15H,4-5,12H2,1-3H3,(H,23,24)/t15-/m0/s1. The van der Waals surface area contributed by atoms with Crippen molar-refractivity contribution in [3.05, 3.63) is 58.6 Å². The van der Waals surface area contributed by atoms with E-state index in [2.05, 4.69) is 5.32 Å². The van der Waals surface area contributed by atoms with Crippen molar-refractivity contribution in [2.45, 2.75) is 39.7 Å². The van der Waals surface area contributed by atoms with Crippen LogP contribution in [0, 0.1) is 6.92 Å². The lowest BCUT2D eigenvalue weighted by Gasteiger charge is -2.15. The largest absolute Gasteiger partial charge is 0.481 e. The van der Waals surface area contributed by atoms with Crippen molar-refractivity contribution in [3.63, 3.8) is 0 Å². The Hall–Kier alpha value is -2.53. The highest BCUT2D eigenvalue weighted by Gasteiger charge is 2.16. The van der Waals surface area contributed by atoms with Gasteiger partial charge in [0, 0.05) is 10.7 Å². The molecule has 0 bridgehead atoms. The number of halogens is 1. The number of nitrogens with one attached hydrogen (secondary N) is 1. The summed E-state index contributed by atoms with van der Waals surface area (Å²) in [6.45, 7) is 5.98. The first-order chi connectivity index (χ1) is 12.9. The van der Waals surface area contributed by atoms with Crippen LogP contribution in [0.2, 0.25) is 5.02 Å². The molecule has 0 heterocycles. The third-order valence-corrected chi connectivity index (χ3v) is 4.35. The van der Waals surface area contributed by atoms with Gasteiger partial charge in [-0.2, -0.15) is 0 Å². The van der Waals surface area contributed by atoms with Crippen molar-refractivity contribution < 1.29 is 19.1 Å². The third-order valence-electron chi connectivity index (χ3n) is 3.93. The molecule has 0 aliphatic carbocycles. The first-order valence-electron chi connectivity index (χ1n) is 8.91. The molecule has 0 radical (unpaired) electrons. The molecule has 27 heavy (non-hydrogen) atoms. The normalized spacial score (nSPS) is 11.6. The molecule has 144 valence electrons. The first-order valence-corrected chi connectivity index (χ1v) is 9.29. The van der Waals surface area contributed by atoms with Gasteiger partial charge in [0.1, 0.15) is 5.75 Å². The maximum atomic E-state index is 12.3. The van der Waals surface area contributed by atoms with E-state index in [1.54, 1.807) is 49.4 Å². The summed E-state index contributed by atoms with van der Waals surface area (Å²) in [4.78, 5) is 24.2. The van der Waals surface area contributed by atoms with E-state index in [9.17, 15) is 9.59 Å². The lowest BCUT2D eigenvalue weighted by molar-refractivity contribution is -0.122. The number of carbonyl (C=O) groups excluding carboxylic acids is 2. The Morgan fingerprint density at radius 2 is 1.85 bits per heavy atom. The van der Waals surface area contributed by atoms with Gasteiger partial charge >= 0.3 is 5.97 Å². The molecule has 2 rings (SSSR count). The number of rotatable bonds is 8. The molecule has 0 aliphatic heterocycles. The fourth-order valence-electron chi connectivity index (χ4n) is 2.27. The van der Waals surface area contributed by atoms with Gasteiger partial charge in [0.25, 0.3) is 5.91 Å². The molecule has 0 unspecified atom stereocenters. The Labute approximate surface area is 164 Å². The van der Waals surface area contributed by atoms with Gasteiger partial charge in [-0.25, -0.2) is 4.79 Å². The highest BCUT2D eigenvalue weighted by Crippen LogP contribution is 2.22. The molecular weight excluding hydrogens is 366 g/mol. The number of benzene rings is 2. The summed E-state index contributed by atoms with van der Waals surface area (Å²) in [6, 6.07) is 11.8. The number of amides is 1. The summed E-state index contributed by atoms with van der Waals surface area (Å²) in [5.41, 5.74) is 1.90. The smallest absolute Gasteiger partial charge is 0.338 e. The van der Waals surface area contributed by atoms with Crippen molar-refractivity contribution in [3.8, 4) is 5.75 Å². The summed E-state index contributed by atoms with van der Waals surface area (Å²) in [7, 11) is 0. The Bertz CT molecular complexity index is 789. The van der Waals surface area contributed by atoms with Crippen molar-refractivity contribution in [1.29, 1.82) is 0 Å². The molecule has 1 atom stereocenters. The maximum absolute atomic E-state index is 12.3. The van der Waals surface area contributed by atoms with E-state index in [1.807, 2.05) is 13.8 Å². The Morgan fingerprint density at radius 3 is 2.48 bits per heavy atom. The zero-order valence-corrected chi connectivity index (χ0v) is 16.5. The molecule has 0 spiro atoms. The minimum Gasteiger partial charge on any atom is -0.481 e. The predicted molar refractivity (Wildman–Crippen MR) is 107 cm³/mol. The summed E-state index contributed by atoms with van der Waals surface area (Å²) < 4.78 is 10.8. The minimum absolute atomic E-state index is 0.291. The average molecular weight is 390 g/mol. The van der Waals surface area contributed by atoms with Gasteiger partial charge < -0.3 is 14.8 Å². The fraction of sp³-hybridized carbons (Fsp3) is 0.333. The summed E-state index contributed by atoms with van der Waals surface area (Å²) in [5, 5.41) is 3.41. The van der Waals surface area contributed by atoms with Gasteiger partial charge in [0.05, 0.1) is 12.2 Å². The van der Waals surface area contributed by atoms with Crippen molar-refractivity contribution >= 4 is 29.2 Å². The minimum atomic E-state index is -0.690. The van der Waals surface area contributed by atoms with Crippen LogP contribution in [-0.4, -0.2) is 24.6 Å². The zero-order valence-electron chi connectivity index (χ0n) is 15.8. The number of hydrogen-bond donors (Lipinski definition) is 1. The number of ether oxygens (including phenoxy) is 2. The highest BCUT2D eigenvalue weighted by molar-refractivity contribution is 6.31. The van der Waals surface area contributed by atoms with Crippen LogP contribution in [0.25, 0.3) is 0 Å². The van der Waals surface area contributed by atoms with E-state index >= 15 is 0 Å². The number of aryl methyl sites for hydroxylation is 1. The molecule has 2 aromatic rings. The zero-order chi connectivity index (χ0) is 19.8. The average Bonchev–Trinajstić information content (AvgIpc) is 2.65. The maximum Gasteiger partial charge on any atom is 0.338 e. The van der Waals surface area contributed by atoms with Gasteiger partial charge in [-0.3, -0.25) is 4.79 Å². The summed E-state index contributed by atoms with van der Waals surface area (Å²) in [5.74, 6) is -0.0817. The molecular formula is C21H24ClNO4. The Kier molecular flexibility index (Phi) is 7.67. The molecule has 0 saturated carbocycles. The summed E-state index contributed by atoms with van der Waals surface area (Å²) in [6.07, 6.45) is 1.11. The van der Waals surface area contributed by atoms with Crippen LogP contribution >= 0.6 is 11.6 Å². The SMILES string of the molecule is CCCCOC(=O)c1ccc(NC(=O)[C@H](C)Oc2ccc(Cl)c(C)c2)cc1. The van der Waals surface area contributed by atoms with E-state index < -0.39 is 6.10 Å². The monoisotopic (exact) mass is 389 g/mol. The Balaban J connectivity index is 1.90. The van der Waals surface area contributed by atoms with Crippen molar-refractivity contribution in [2.75, 3.05) is 11.9 Å². The van der Waals surface area contributed by atoms with Crippen LogP contribution in [0.5, 0.6) is 5.75 Å². The second-order valence-electron chi connectivity index (χ2n) is 6.23. The molecule has 0 saturated heterocycles. The highest BCUT2D eigenvalue weighted by atomic mass is 35.5. The topological polar surface area (TPSA) is 64.6 Å². The van der Waals surface area contributed by atoms with Crippen LogP contribution < -0.4 is 10.1 Å². The van der Waals surface area contributed by atoms with E-state index in [0.29, 0.717) is 28.6 Å². The quantitative estimate of drug-likeness (QED) is 0.509. The first kappa shape index (κ1) is 20.8. The number of carbonyl (C=O) groups is 2. The summed E-state index contributed by atoms with van der Waals surface area (Å²) >= 11 is 5.99. The van der Waals surface area contributed by atoms with Gasteiger partial charge in [-0.1, -0.05) is 24.9 Å². The van der Waals surface area contributed by atoms with Crippen LogP contribution in [0.1, 0.15) is 42.6 Å². The van der Waals surface area contributed by atoms with Gasteiger partial charge in [-0.05, 0) is 68.3 Å². The van der Waals surface area contributed by atoms with Crippen molar-refractivity contribution in [1.82, 2.24) is 0 Å².